The van der Waals surface area contributed by atoms with Gasteiger partial charge in [0.15, 0.2) is 0 Å². The first kappa shape index (κ1) is 33.2. The molecule has 14 nitrogen and oxygen atoms in total. The maximum atomic E-state index is 12.4. The molecule has 2 aromatic carbocycles. The van der Waals surface area contributed by atoms with Gasteiger partial charge in [0.25, 0.3) is 0 Å². The molecule has 0 saturated carbocycles. The smallest absolute Gasteiger partial charge is 0.328 e. The monoisotopic (exact) mass is 715 g/mol. The Kier molecular flexibility index (Phi) is 8.61. The third-order valence-corrected chi connectivity index (χ3v) is 11.3. The van der Waals surface area contributed by atoms with Crippen molar-refractivity contribution in [2.75, 3.05) is 95.7 Å². The number of hydrogen-bond donors (Lipinski definition) is 3. The molecule has 0 aliphatic carbocycles. The largest absolute Gasteiger partial charge is 0.474 e. The van der Waals surface area contributed by atoms with Crippen LogP contribution in [0.15, 0.2) is 54.9 Å². The van der Waals surface area contributed by atoms with E-state index in [9.17, 15) is 9.59 Å². The molecule has 274 valence electrons. The number of carbonyl (C=O) groups excluding carboxylic acids is 2. The van der Waals surface area contributed by atoms with Crippen LogP contribution in [0.3, 0.4) is 0 Å². The minimum atomic E-state index is -0.343. The Morgan fingerprint density at radius 2 is 1.64 bits per heavy atom. The van der Waals surface area contributed by atoms with Crippen LogP contribution in [0.25, 0.3) is 0 Å². The zero-order valence-electron chi connectivity index (χ0n) is 30.3. The predicted octanol–water partition coefficient (Wildman–Crippen LogP) is 4.06. The zero-order valence-corrected chi connectivity index (χ0v) is 30.3. The number of aryl methyl sites for hydroxylation is 1. The fourth-order valence-corrected chi connectivity index (χ4v) is 8.16. The lowest BCUT2D eigenvalue weighted by Crippen LogP contribution is -2.63. The van der Waals surface area contributed by atoms with Crippen molar-refractivity contribution in [1.29, 1.82) is 0 Å². The molecule has 7 heterocycles. The van der Waals surface area contributed by atoms with Gasteiger partial charge in [-0.15, -0.1) is 0 Å². The highest BCUT2D eigenvalue weighted by Gasteiger charge is 2.34. The Balaban J connectivity index is 0.762. The van der Waals surface area contributed by atoms with Crippen LogP contribution in [0, 0.1) is 13.8 Å². The molecule has 5 aliphatic heterocycles. The van der Waals surface area contributed by atoms with Gasteiger partial charge in [-0.1, -0.05) is 0 Å². The molecular weight excluding hydrogens is 671 g/mol. The van der Waals surface area contributed by atoms with Gasteiger partial charge in [-0.25, -0.2) is 19.7 Å². The second kappa shape index (κ2) is 13.7. The maximum absolute atomic E-state index is 12.4. The fourth-order valence-electron chi connectivity index (χ4n) is 8.16. The van der Waals surface area contributed by atoms with Crippen molar-refractivity contribution in [3.05, 3.63) is 77.2 Å². The summed E-state index contributed by atoms with van der Waals surface area (Å²) < 4.78 is 5.73. The van der Waals surface area contributed by atoms with E-state index in [1.54, 1.807) is 4.90 Å². The summed E-state index contributed by atoms with van der Waals surface area (Å²) in [5.41, 5.74) is 10.7. The van der Waals surface area contributed by atoms with Gasteiger partial charge >= 0.3 is 6.03 Å². The number of urea groups is 1. The molecule has 3 N–H and O–H groups in total. The molecule has 3 fully saturated rings. The van der Waals surface area contributed by atoms with Crippen LogP contribution >= 0.6 is 0 Å². The van der Waals surface area contributed by atoms with Gasteiger partial charge in [0, 0.05) is 106 Å². The van der Waals surface area contributed by atoms with Crippen LogP contribution in [0.1, 0.15) is 28.8 Å². The summed E-state index contributed by atoms with van der Waals surface area (Å²) >= 11 is 0. The number of fused-ring (bicyclic) bond motifs is 2. The number of benzene rings is 2. The topological polar surface area (TPSA) is 134 Å². The summed E-state index contributed by atoms with van der Waals surface area (Å²) in [6.45, 7) is 13.6. The SMILES string of the molecule is Cc1cc(N2CCN(C3CN(c4ccc(Nc5ncc6c(n5)CN(c5cnc7c(c5C)NCCO7)CC6)cc4)C3)CC2)ccc1N1CCC(=O)NC1=O. The fraction of sp³-hybridized carbons (Fsp3) is 0.410. The number of amides is 3. The van der Waals surface area contributed by atoms with Crippen LogP contribution in [-0.2, 0) is 17.8 Å². The highest BCUT2D eigenvalue weighted by Crippen LogP contribution is 2.36. The minimum Gasteiger partial charge on any atom is -0.474 e. The second-order valence-electron chi connectivity index (χ2n) is 14.5. The van der Waals surface area contributed by atoms with Crippen molar-refractivity contribution >= 4 is 52.0 Å². The molecule has 4 aromatic rings. The van der Waals surface area contributed by atoms with Crippen LogP contribution in [0.4, 0.5) is 44.9 Å². The molecule has 0 spiro atoms. The van der Waals surface area contributed by atoms with Crippen molar-refractivity contribution in [2.45, 2.75) is 39.3 Å². The Labute approximate surface area is 309 Å². The summed E-state index contributed by atoms with van der Waals surface area (Å²) in [5, 5.41) is 9.29. The second-order valence-corrected chi connectivity index (χ2v) is 14.5. The predicted molar refractivity (Wildman–Crippen MR) is 206 cm³/mol. The van der Waals surface area contributed by atoms with E-state index in [1.165, 1.54) is 16.9 Å². The van der Waals surface area contributed by atoms with E-state index in [-0.39, 0.29) is 11.9 Å². The molecule has 0 atom stereocenters. The summed E-state index contributed by atoms with van der Waals surface area (Å²) in [7, 11) is 0. The van der Waals surface area contributed by atoms with Gasteiger partial charge < -0.3 is 30.1 Å². The number of aromatic nitrogens is 3. The number of ether oxygens (including phenoxy) is 1. The number of nitrogens with one attached hydrogen (secondary N) is 3. The van der Waals surface area contributed by atoms with Crippen LogP contribution in [-0.4, -0.2) is 103 Å². The number of carbonyl (C=O) groups is 2. The Morgan fingerprint density at radius 3 is 2.43 bits per heavy atom. The normalized spacial score (nSPS) is 19.1. The van der Waals surface area contributed by atoms with Gasteiger partial charge in [-0.05, 0) is 73.9 Å². The van der Waals surface area contributed by atoms with Crippen molar-refractivity contribution in [2.24, 2.45) is 0 Å². The number of piperazine rings is 1. The van der Waals surface area contributed by atoms with Crippen LogP contribution < -0.4 is 40.3 Å². The summed E-state index contributed by atoms with van der Waals surface area (Å²) in [5.74, 6) is 1.07. The number of pyridine rings is 1. The summed E-state index contributed by atoms with van der Waals surface area (Å²) in [4.78, 5) is 49.6. The number of imide groups is 1. The first-order valence-electron chi connectivity index (χ1n) is 18.7. The molecule has 3 saturated heterocycles. The quantitative estimate of drug-likeness (QED) is 0.255. The zero-order chi connectivity index (χ0) is 36.1. The van der Waals surface area contributed by atoms with E-state index in [2.05, 4.69) is 88.8 Å². The molecule has 0 radical (unpaired) electrons. The van der Waals surface area contributed by atoms with Gasteiger partial charge in [0.2, 0.25) is 17.7 Å². The molecule has 53 heavy (non-hydrogen) atoms. The van der Waals surface area contributed by atoms with Gasteiger partial charge in [0.05, 0.1) is 24.1 Å². The van der Waals surface area contributed by atoms with E-state index in [0.717, 1.165) is 98.3 Å². The minimum absolute atomic E-state index is 0.214. The van der Waals surface area contributed by atoms with Gasteiger partial charge in [-0.3, -0.25) is 19.9 Å². The third-order valence-electron chi connectivity index (χ3n) is 11.3. The standard InChI is InChI=1S/C39H45N11O3/c1-25-19-30(7-8-33(25)50-13-10-35(51)45-39(50)52)46-14-16-47(17-15-46)31-22-49(23-31)29-5-3-28(4-6-29)43-38-42-20-27-9-12-48(24-32(27)44-38)34-21-41-37-36(26(34)2)40-11-18-53-37/h3-8,19-21,31,40H,9-18,22-24H2,1-2H3,(H,42,43,44)(H,45,51,52). The van der Waals surface area contributed by atoms with E-state index in [0.29, 0.717) is 44.0 Å². The van der Waals surface area contributed by atoms with E-state index < -0.39 is 0 Å². The molecule has 0 bridgehead atoms. The Hall–Kier alpha value is -5.63. The average molecular weight is 716 g/mol. The highest BCUT2D eigenvalue weighted by molar-refractivity contribution is 6.06. The molecule has 14 heteroatoms. The van der Waals surface area contributed by atoms with Crippen molar-refractivity contribution < 1.29 is 14.3 Å². The van der Waals surface area contributed by atoms with Gasteiger partial charge in [-0.2, -0.15) is 0 Å². The lowest BCUT2D eigenvalue weighted by molar-refractivity contribution is -0.120. The molecule has 0 unspecified atom stereocenters. The molecule has 5 aliphatic rings. The lowest BCUT2D eigenvalue weighted by atomic mass is 10.0. The third kappa shape index (κ3) is 6.52. The molecule has 2 aromatic heterocycles. The molecule has 9 rings (SSSR count). The van der Waals surface area contributed by atoms with Crippen molar-refractivity contribution in [3.8, 4) is 5.88 Å². The summed E-state index contributed by atoms with van der Waals surface area (Å²) in [6.07, 6.45) is 5.09. The number of rotatable bonds is 7. The molecule has 3 amide bonds. The van der Waals surface area contributed by atoms with E-state index in [4.69, 9.17) is 9.72 Å². The van der Waals surface area contributed by atoms with Crippen molar-refractivity contribution in [1.82, 2.24) is 25.2 Å². The first-order valence-corrected chi connectivity index (χ1v) is 18.7. The number of hydrogen-bond acceptors (Lipinski definition) is 12. The van der Waals surface area contributed by atoms with Crippen molar-refractivity contribution in [3.63, 3.8) is 0 Å². The van der Waals surface area contributed by atoms with E-state index in [1.807, 2.05) is 25.4 Å². The van der Waals surface area contributed by atoms with E-state index >= 15 is 0 Å². The van der Waals surface area contributed by atoms with Crippen LogP contribution in [0.2, 0.25) is 0 Å². The number of nitrogens with zero attached hydrogens (tertiary/aromatic N) is 8. The summed E-state index contributed by atoms with van der Waals surface area (Å²) in [6, 6.07) is 15.0. The first-order chi connectivity index (χ1) is 25.9. The number of anilines is 7. The maximum Gasteiger partial charge on any atom is 0.328 e. The average Bonchev–Trinajstić information content (AvgIpc) is 3.15. The van der Waals surface area contributed by atoms with Gasteiger partial charge in [0.1, 0.15) is 12.3 Å². The van der Waals surface area contributed by atoms with Crippen LogP contribution in [0.5, 0.6) is 5.88 Å². The Bertz CT molecular complexity index is 2040. The highest BCUT2D eigenvalue weighted by atomic mass is 16.5. The molecular formula is C39H45N11O3. The Morgan fingerprint density at radius 1 is 0.830 bits per heavy atom. The lowest BCUT2D eigenvalue weighted by Gasteiger charge is -2.49.